The standard InChI is InChI=1S/C22H22N2O5/c1-15(25)16-6-8-17(9-7-16)23-21(26)14-29-20-5-3-4-19-18(20)10-11-24(22(19)27)12-13-28-2/h3-11H,12-14H2,1-2H3,(H,23,26). The molecule has 0 spiro atoms. The normalized spacial score (nSPS) is 10.7. The van der Waals surface area contributed by atoms with E-state index in [1.807, 2.05) is 0 Å². The van der Waals surface area contributed by atoms with Crippen molar-refractivity contribution in [2.24, 2.45) is 0 Å². The Morgan fingerprint density at radius 2 is 1.79 bits per heavy atom. The van der Waals surface area contributed by atoms with Crippen LogP contribution < -0.4 is 15.6 Å². The van der Waals surface area contributed by atoms with Crippen molar-refractivity contribution in [3.8, 4) is 5.75 Å². The first kappa shape index (κ1) is 20.3. The molecule has 0 atom stereocenters. The van der Waals surface area contributed by atoms with E-state index in [0.29, 0.717) is 40.9 Å². The number of ether oxygens (including phenoxy) is 2. The van der Waals surface area contributed by atoms with Crippen LogP contribution in [0.2, 0.25) is 0 Å². The maximum atomic E-state index is 12.6. The summed E-state index contributed by atoms with van der Waals surface area (Å²) in [7, 11) is 1.58. The average molecular weight is 394 g/mol. The molecule has 0 bridgehead atoms. The maximum Gasteiger partial charge on any atom is 0.262 e. The Bertz CT molecular complexity index is 1090. The third-order valence-corrected chi connectivity index (χ3v) is 4.45. The van der Waals surface area contributed by atoms with E-state index >= 15 is 0 Å². The highest BCUT2D eigenvalue weighted by molar-refractivity contribution is 5.96. The van der Waals surface area contributed by atoms with E-state index in [0.717, 1.165) is 0 Å². The van der Waals surface area contributed by atoms with E-state index in [-0.39, 0.29) is 23.9 Å². The minimum Gasteiger partial charge on any atom is -0.483 e. The van der Waals surface area contributed by atoms with Crippen molar-refractivity contribution in [3.63, 3.8) is 0 Å². The molecule has 0 radical (unpaired) electrons. The Hall–Kier alpha value is -3.45. The first-order valence-electron chi connectivity index (χ1n) is 9.14. The van der Waals surface area contributed by atoms with Gasteiger partial charge in [-0.25, -0.2) is 0 Å². The number of rotatable bonds is 8. The highest BCUT2D eigenvalue weighted by Gasteiger charge is 2.10. The van der Waals surface area contributed by atoms with Gasteiger partial charge in [-0.2, -0.15) is 0 Å². The molecule has 0 fully saturated rings. The molecule has 0 aliphatic heterocycles. The lowest BCUT2D eigenvalue weighted by atomic mass is 10.1. The topological polar surface area (TPSA) is 86.6 Å². The number of carbonyl (C=O) groups excluding carboxylic acids is 2. The summed E-state index contributed by atoms with van der Waals surface area (Å²) in [5, 5.41) is 3.87. The number of nitrogens with one attached hydrogen (secondary N) is 1. The van der Waals surface area contributed by atoms with Crippen LogP contribution in [-0.2, 0) is 16.1 Å². The van der Waals surface area contributed by atoms with Crippen molar-refractivity contribution < 1.29 is 19.1 Å². The van der Waals surface area contributed by atoms with E-state index in [1.54, 1.807) is 66.4 Å². The SMILES string of the molecule is COCCn1ccc2c(OCC(=O)Nc3ccc(C(C)=O)cc3)cccc2c1=O. The Morgan fingerprint density at radius 3 is 2.48 bits per heavy atom. The minimum absolute atomic E-state index is 0.0385. The van der Waals surface area contributed by atoms with Gasteiger partial charge in [-0.1, -0.05) is 6.07 Å². The van der Waals surface area contributed by atoms with E-state index in [4.69, 9.17) is 9.47 Å². The van der Waals surface area contributed by atoms with Gasteiger partial charge in [0.05, 0.1) is 12.0 Å². The Morgan fingerprint density at radius 1 is 1.03 bits per heavy atom. The molecule has 3 aromatic rings. The Labute approximate surface area is 167 Å². The predicted molar refractivity (Wildman–Crippen MR) is 111 cm³/mol. The summed E-state index contributed by atoms with van der Waals surface area (Å²) in [5.41, 5.74) is 1.01. The number of hydrogen-bond donors (Lipinski definition) is 1. The van der Waals surface area contributed by atoms with Crippen LogP contribution in [-0.4, -0.2) is 36.6 Å². The Kier molecular flexibility index (Phi) is 6.41. The summed E-state index contributed by atoms with van der Waals surface area (Å²) >= 11 is 0. The van der Waals surface area contributed by atoms with E-state index in [1.165, 1.54) is 6.92 Å². The number of aromatic nitrogens is 1. The van der Waals surface area contributed by atoms with Gasteiger partial charge in [-0.3, -0.25) is 14.4 Å². The molecule has 7 nitrogen and oxygen atoms in total. The zero-order chi connectivity index (χ0) is 20.8. The van der Waals surface area contributed by atoms with Crippen molar-refractivity contribution in [2.75, 3.05) is 25.6 Å². The summed E-state index contributed by atoms with van der Waals surface area (Å²) in [6.07, 6.45) is 1.69. The van der Waals surface area contributed by atoms with E-state index in [2.05, 4.69) is 5.32 Å². The number of carbonyl (C=O) groups is 2. The average Bonchev–Trinajstić information content (AvgIpc) is 2.72. The quantitative estimate of drug-likeness (QED) is 0.594. The molecule has 1 N–H and O–H groups in total. The third-order valence-electron chi connectivity index (χ3n) is 4.45. The lowest BCUT2D eigenvalue weighted by Gasteiger charge is -2.11. The summed E-state index contributed by atoms with van der Waals surface area (Å²) in [4.78, 5) is 36.1. The second-order valence-corrected chi connectivity index (χ2v) is 6.49. The molecule has 0 saturated heterocycles. The molecule has 2 aromatic carbocycles. The number of pyridine rings is 1. The molecule has 0 aliphatic carbocycles. The number of Topliss-reactive ketones (excluding diaryl/α,β-unsaturated/α-hetero) is 1. The largest absolute Gasteiger partial charge is 0.483 e. The van der Waals surface area contributed by atoms with Crippen LogP contribution in [0.25, 0.3) is 10.8 Å². The lowest BCUT2D eigenvalue weighted by Crippen LogP contribution is -2.22. The molecule has 0 saturated carbocycles. The zero-order valence-electron chi connectivity index (χ0n) is 16.3. The number of fused-ring (bicyclic) bond motifs is 1. The smallest absolute Gasteiger partial charge is 0.262 e. The van der Waals surface area contributed by atoms with Gasteiger partial charge in [0.2, 0.25) is 0 Å². The van der Waals surface area contributed by atoms with Crippen molar-refractivity contribution in [1.82, 2.24) is 4.57 Å². The predicted octanol–water partition coefficient (Wildman–Crippen LogP) is 2.87. The van der Waals surface area contributed by atoms with E-state index < -0.39 is 0 Å². The molecule has 150 valence electrons. The van der Waals surface area contributed by atoms with Gasteiger partial charge >= 0.3 is 0 Å². The Balaban J connectivity index is 1.69. The number of amides is 1. The molecule has 7 heteroatoms. The van der Waals surface area contributed by atoms with Crippen LogP contribution in [0.1, 0.15) is 17.3 Å². The molecule has 1 aromatic heterocycles. The van der Waals surface area contributed by atoms with Gasteiger partial charge in [0.25, 0.3) is 11.5 Å². The van der Waals surface area contributed by atoms with Crippen molar-refractivity contribution in [1.29, 1.82) is 0 Å². The molecule has 0 unspecified atom stereocenters. The van der Waals surface area contributed by atoms with Gasteiger partial charge in [0, 0.05) is 36.5 Å². The summed E-state index contributed by atoms with van der Waals surface area (Å²) < 4.78 is 12.3. The number of benzene rings is 2. The molecule has 3 rings (SSSR count). The fourth-order valence-electron chi connectivity index (χ4n) is 2.91. The first-order chi connectivity index (χ1) is 14.0. The van der Waals surface area contributed by atoms with Gasteiger partial charge < -0.3 is 19.4 Å². The number of hydrogen-bond acceptors (Lipinski definition) is 5. The minimum atomic E-state index is -0.342. The van der Waals surface area contributed by atoms with Crippen LogP contribution in [0.3, 0.4) is 0 Å². The molecule has 1 heterocycles. The summed E-state index contributed by atoms with van der Waals surface area (Å²) in [6, 6.07) is 13.6. The van der Waals surface area contributed by atoms with Crippen LogP contribution in [0.5, 0.6) is 5.75 Å². The molecular weight excluding hydrogens is 372 g/mol. The lowest BCUT2D eigenvalue weighted by molar-refractivity contribution is -0.118. The highest BCUT2D eigenvalue weighted by Crippen LogP contribution is 2.23. The van der Waals surface area contributed by atoms with Crippen molar-refractivity contribution in [2.45, 2.75) is 13.5 Å². The zero-order valence-corrected chi connectivity index (χ0v) is 16.3. The summed E-state index contributed by atoms with van der Waals surface area (Å²) in [6.45, 7) is 2.18. The first-order valence-corrected chi connectivity index (χ1v) is 9.14. The number of methoxy groups -OCH3 is 1. The number of anilines is 1. The van der Waals surface area contributed by atoms with Crippen molar-refractivity contribution in [3.05, 3.63) is 70.6 Å². The van der Waals surface area contributed by atoms with Gasteiger partial charge in [-0.15, -0.1) is 0 Å². The van der Waals surface area contributed by atoms with Gasteiger partial charge in [0.1, 0.15) is 5.75 Å². The second-order valence-electron chi connectivity index (χ2n) is 6.49. The highest BCUT2D eigenvalue weighted by atomic mass is 16.5. The molecule has 29 heavy (non-hydrogen) atoms. The molecular formula is C22H22N2O5. The van der Waals surface area contributed by atoms with E-state index in [9.17, 15) is 14.4 Å². The maximum absolute atomic E-state index is 12.6. The van der Waals surface area contributed by atoms with Crippen LogP contribution >= 0.6 is 0 Å². The van der Waals surface area contributed by atoms with Crippen LogP contribution in [0.15, 0.2) is 59.5 Å². The van der Waals surface area contributed by atoms with Crippen molar-refractivity contribution >= 4 is 28.2 Å². The number of ketones is 1. The van der Waals surface area contributed by atoms with Crippen LogP contribution in [0, 0.1) is 0 Å². The number of nitrogens with zero attached hydrogens (tertiary/aromatic N) is 1. The van der Waals surface area contributed by atoms with Gasteiger partial charge in [-0.05, 0) is 49.4 Å². The van der Waals surface area contributed by atoms with Crippen LogP contribution in [0.4, 0.5) is 5.69 Å². The second kappa shape index (κ2) is 9.16. The molecule has 0 aliphatic rings. The molecule has 1 amide bonds. The van der Waals surface area contributed by atoms with Gasteiger partial charge in [0.15, 0.2) is 12.4 Å². The summed E-state index contributed by atoms with van der Waals surface area (Å²) in [5.74, 6) is 0.0787. The fourth-order valence-corrected chi connectivity index (χ4v) is 2.91. The monoisotopic (exact) mass is 394 g/mol. The fraction of sp³-hybridized carbons (Fsp3) is 0.227. The third kappa shape index (κ3) is 4.89.